The number of carbonyl (C=O) groups is 3. The topological polar surface area (TPSA) is 87.7 Å². The van der Waals surface area contributed by atoms with Crippen LogP contribution >= 0.6 is 0 Å². The second-order valence-corrected chi connectivity index (χ2v) is 5.62. The number of amides is 2. The Balaban J connectivity index is 2.23. The Bertz CT molecular complexity index is 557. The fourth-order valence-corrected chi connectivity index (χ4v) is 2.00. The number of nitrogens with one attached hydrogen (secondary N) is 2. The first-order chi connectivity index (χ1) is 11.4. The van der Waals surface area contributed by atoms with Crippen molar-refractivity contribution in [1.29, 1.82) is 0 Å². The zero-order valence-electron chi connectivity index (χ0n) is 14.4. The van der Waals surface area contributed by atoms with E-state index in [9.17, 15) is 14.4 Å². The highest BCUT2D eigenvalue weighted by atomic mass is 16.5. The number of ether oxygens (including phenoxy) is 1. The summed E-state index contributed by atoms with van der Waals surface area (Å²) in [5.74, 6) is -0.667. The molecule has 0 aliphatic carbocycles. The third-order valence-electron chi connectivity index (χ3n) is 3.27. The van der Waals surface area contributed by atoms with Crippen LogP contribution < -0.4 is 10.6 Å². The number of anilines is 1. The molecule has 0 aliphatic heterocycles. The van der Waals surface area contributed by atoms with Crippen LogP contribution in [0.15, 0.2) is 24.3 Å². The molecule has 0 aromatic heterocycles. The highest BCUT2D eigenvalue weighted by molar-refractivity contribution is 5.92. The Morgan fingerprint density at radius 1 is 1.08 bits per heavy atom. The van der Waals surface area contributed by atoms with Gasteiger partial charge in [0, 0.05) is 18.7 Å². The van der Waals surface area contributed by atoms with E-state index in [4.69, 9.17) is 0 Å². The van der Waals surface area contributed by atoms with E-state index in [2.05, 4.69) is 15.4 Å². The van der Waals surface area contributed by atoms with Crippen LogP contribution in [0.4, 0.5) is 5.69 Å². The summed E-state index contributed by atoms with van der Waals surface area (Å²) < 4.78 is 4.52. The molecule has 0 saturated carbocycles. The lowest BCUT2D eigenvalue weighted by atomic mass is 10.2. The van der Waals surface area contributed by atoms with Gasteiger partial charge in [0.05, 0.1) is 20.2 Å². The number of methoxy groups -OCH3 is 1. The summed E-state index contributed by atoms with van der Waals surface area (Å²) in [6.45, 7) is 2.60. The van der Waals surface area contributed by atoms with Crippen molar-refractivity contribution in [3.05, 3.63) is 29.8 Å². The van der Waals surface area contributed by atoms with Crippen LogP contribution in [0.1, 0.15) is 18.4 Å². The molecule has 132 valence electrons. The molecule has 0 heterocycles. The number of carbonyl (C=O) groups excluding carboxylic acids is 3. The first-order valence-corrected chi connectivity index (χ1v) is 7.79. The predicted octanol–water partition coefficient (Wildman–Crippen LogP) is 0.935. The number of hydrogen-bond donors (Lipinski definition) is 2. The number of likely N-dealkylation sites (N-methyl/N-ethyl adjacent to an activating group) is 1. The summed E-state index contributed by atoms with van der Waals surface area (Å²) in [6.07, 6.45) is 0.793. The number of hydrogen-bond acceptors (Lipinski definition) is 5. The van der Waals surface area contributed by atoms with Gasteiger partial charge in [0.25, 0.3) is 0 Å². The quantitative estimate of drug-likeness (QED) is 0.518. The fraction of sp³-hybridized carbons (Fsp3) is 0.471. The molecule has 1 aromatic rings. The second kappa shape index (κ2) is 10.4. The number of benzene rings is 1. The van der Waals surface area contributed by atoms with Gasteiger partial charge in [0.1, 0.15) is 0 Å². The van der Waals surface area contributed by atoms with Gasteiger partial charge in [-0.1, -0.05) is 17.7 Å². The number of esters is 1. The second-order valence-electron chi connectivity index (χ2n) is 5.62. The molecule has 1 aromatic carbocycles. The molecule has 0 radical (unpaired) electrons. The zero-order chi connectivity index (χ0) is 17.9. The maximum absolute atomic E-state index is 11.9. The van der Waals surface area contributed by atoms with Crippen molar-refractivity contribution in [2.24, 2.45) is 0 Å². The van der Waals surface area contributed by atoms with Crippen molar-refractivity contribution in [1.82, 2.24) is 10.2 Å². The van der Waals surface area contributed by atoms with E-state index >= 15 is 0 Å². The van der Waals surface area contributed by atoms with Gasteiger partial charge in [-0.25, -0.2) is 0 Å². The van der Waals surface area contributed by atoms with Crippen LogP contribution in [0.2, 0.25) is 0 Å². The normalized spacial score (nSPS) is 10.3. The van der Waals surface area contributed by atoms with Gasteiger partial charge in [0.15, 0.2) is 0 Å². The lowest BCUT2D eigenvalue weighted by molar-refractivity contribution is -0.140. The Morgan fingerprint density at radius 2 is 1.71 bits per heavy atom. The van der Waals surface area contributed by atoms with Crippen LogP contribution in [0.5, 0.6) is 0 Å². The lowest BCUT2D eigenvalue weighted by Crippen LogP contribution is -2.39. The number of nitrogens with zero attached hydrogens (tertiary/aromatic N) is 1. The number of aryl methyl sites for hydroxylation is 1. The third-order valence-corrected chi connectivity index (χ3v) is 3.27. The largest absolute Gasteiger partial charge is 0.469 e. The van der Waals surface area contributed by atoms with Gasteiger partial charge in [-0.05, 0) is 32.5 Å². The maximum atomic E-state index is 11.9. The first kappa shape index (κ1) is 19.6. The minimum atomic E-state index is -0.297. The summed E-state index contributed by atoms with van der Waals surface area (Å²) in [6, 6.07) is 7.50. The zero-order valence-corrected chi connectivity index (χ0v) is 14.4. The van der Waals surface area contributed by atoms with E-state index in [1.165, 1.54) is 7.11 Å². The minimum absolute atomic E-state index is 0.111. The highest BCUT2D eigenvalue weighted by Gasteiger charge is 2.11. The van der Waals surface area contributed by atoms with Crippen LogP contribution in [-0.4, -0.2) is 56.5 Å². The van der Waals surface area contributed by atoms with Crippen LogP contribution in [-0.2, 0) is 19.1 Å². The standard InChI is InChI=1S/C17H25N3O4/c1-13-6-8-14(9-7-13)19-16(22)12-20(2)11-15(21)18-10-4-5-17(23)24-3/h6-9H,4-5,10-12H2,1-3H3,(H,18,21)(H,19,22). The average Bonchev–Trinajstić information content (AvgIpc) is 2.53. The minimum Gasteiger partial charge on any atom is -0.469 e. The van der Waals surface area contributed by atoms with Gasteiger partial charge in [-0.3, -0.25) is 19.3 Å². The van der Waals surface area contributed by atoms with E-state index in [1.54, 1.807) is 11.9 Å². The molecule has 7 heteroatoms. The predicted molar refractivity (Wildman–Crippen MR) is 91.6 cm³/mol. The van der Waals surface area contributed by atoms with Crippen molar-refractivity contribution in [2.75, 3.05) is 39.1 Å². The van der Waals surface area contributed by atoms with Crippen molar-refractivity contribution in [2.45, 2.75) is 19.8 Å². The highest BCUT2D eigenvalue weighted by Crippen LogP contribution is 2.08. The third kappa shape index (κ3) is 8.28. The SMILES string of the molecule is COC(=O)CCCNC(=O)CN(C)CC(=O)Nc1ccc(C)cc1. The van der Waals surface area contributed by atoms with Crippen molar-refractivity contribution < 1.29 is 19.1 Å². The Labute approximate surface area is 142 Å². The van der Waals surface area contributed by atoms with E-state index in [0.29, 0.717) is 13.0 Å². The summed E-state index contributed by atoms with van der Waals surface area (Å²) in [5.41, 5.74) is 1.85. The molecule has 0 saturated heterocycles. The van der Waals surface area contributed by atoms with E-state index in [0.717, 1.165) is 11.3 Å². The van der Waals surface area contributed by atoms with Gasteiger partial charge in [-0.15, -0.1) is 0 Å². The summed E-state index contributed by atoms with van der Waals surface area (Å²) in [7, 11) is 3.03. The lowest BCUT2D eigenvalue weighted by Gasteiger charge is -2.16. The molecule has 0 bridgehead atoms. The fourth-order valence-electron chi connectivity index (χ4n) is 2.00. The van der Waals surface area contributed by atoms with Crippen molar-refractivity contribution in [3.63, 3.8) is 0 Å². The molecule has 0 atom stereocenters. The van der Waals surface area contributed by atoms with E-state index in [-0.39, 0.29) is 37.3 Å². The van der Waals surface area contributed by atoms with Crippen LogP contribution in [0, 0.1) is 6.92 Å². The van der Waals surface area contributed by atoms with E-state index < -0.39 is 0 Å². The molecular weight excluding hydrogens is 310 g/mol. The summed E-state index contributed by atoms with van der Waals surface area (Å²) >= 11 is 0. The van der Waals surface area contributed by atoms with Gasteiger partial charge >= 0.3 is 5.97 Å². The van der Waals surface area contributed by atoms with Crippen molar-refractivity contribution >= 4 is 23.5 Å². The average molecular weight is 335 g/mol. The Morgan fingerprint density at radius 3 is 2.33 bits per heavy atom. The van der Waals surface area contributed by atoms with Gasteiger partial charge in [-0.2, -0.15) is 0 Å². The molecule has 0 fully saturated rings. The van der Waals surface area contributed by atoms with Crippen molar-refractivity contribution in [3.8, 4) is 0 Å². The van der Waals surface area contributed by atoms with E-state index in [1.807, 2.05) is 31.2 Å². The molecule has 24 heavy (non-hydrogen) atoms. The molecule has 2 amide bonds. The van der Waals surface area contributed by atoms with Gasteiger partial charge in [0.2, 0.25) is 11.8 Å². The van der Waals surface area contributed by atoms with Gasteiger partial charge < -0.3 is 15.4 Å². The monoisotopic (exact) mass is 335 g/mol. The molecule has 2 N–H and O–H groups in total. The molecule has 0 unspecified atom stereocenters. The number of rotatable bonds is 9. The van der Waals surface area contributed by atoms with Crippen LogP contribution in [0.25, 0.3) is 0 Å². The maximum Gasteiger partial charge on any atom is 0.305 e. The molecule has 7 nitrogen and oxygen atoms in total. The molecule has 0 aliphatic rings. The summed E-state index contributed by atoms with van der Waals surface area (Å²) in [5, 5.41) is 5.48. The molecule has 1 rings (SSSR count). The Kier molecular flexibility index (Phi) is 8.49. The first-order valence-electron chi connectivity index (χ1n) is 7.79. The summed E-state index contributed by atoms with van der Waals surface area (Å²) in [4.78, 5) is 36.2. The smallest absolute Gasteiger partial charge is 0.305 e. The van der Waals surface area contributed by atoms with Crippen LogP contribution in [0.3, 0.4) is 0 Å². The molecular formula is C17H25N3O4. The Hall–Kier alpha value is -2.41. The molecule has 0 spiro atoms.